The number of likely N-dealkylation sites (N-methyl/N-ethyl adjacent to an activating group) is 1. The summed E-state index contributed by atoms with van der Waals surface area (Å²) >= 11 is 1.30. The minimum Gasteiger partial charge on any atom is -0.313 e. The third kappa shape index (κ3) is 6.46. The van der Waals surface area contributed by atoms with Crippen molar-refractivity contribution < 1.29 is 22.8 Å². The topological polar surface area (TPSA) is 176 Å². The lowest BCUT2D eigenvalue weighted by atomic mass is 10.0. The quantitative estimate of drug-likeness (QED) is 0.222. The molecule has 14 heteroatoms. The van der Waals surface area contributed by atoms with Gasteiger partial charge in [0.05, 0.1) is 10.5 Å². The molecule has 3 rings (SSSR count). The lowest BCUT2D eigenvalue weighted by molar-refractivity contribution is -0.119. The minimum atomic E-state index is -3.96. The molecule has 0 unspecified atom stereocenters. The molecular weight excluding hydrogens is 518 g/mol. The van der Waals surface area contributed by atoms with E-state index in [0.29, 0.717) is 23.5 Å². The van der Waals surface area contributed by atoms with Gasteiger partial charge in [0.2, 0.25) is 15.9 Å². The Bertz CT molecular complexity index is 1300. The highest BCUT2D eigenvalue weighted by molar-refractivity contribution is 7.89. The zero-order chi connectivity index (χ0) is 27.2. The van der Waals surface area contributed by atoms with Crippen LogP contribution in [0.25, 0.3) is 0 Å². The van der Waals surface area contributed by atoms with Gasteiger partial charge in [-0.2, -0.15) is 4.31 Å². The van der Waals surface area contributed by atoms with Crippen LogP contribution in [0.5, 0.6) is 0 Å². The smallest absolute Gasteiger partial charge is 0.272 e. The molecule has 2 aromatic rings. The molecule has 37 heavy (non-hydrogen) atoms. The van der Waals surface area contributed by atoms with Gasteiger partial charge < -0.3 is 16.1 Å². The average Bonchev–Trinajstić information content (AvgIpc) is 3.23. The first kappa shape index (κ1) is 28.1. The highest BCUT2D eigenvalue weighted by atomic mass is 32.2. The Morgan fingerprint density at radius 3 is 2.30 bits per heavy atom. The number of hydrazine groups is 1. The van der Waals surface area contributed by atoms with Crippen LogP contribution in [0.15, 0.2) is 29.2 Å². The number of thiophene rings is 1. The van der Waals surface area contributed by atoms with E-state index in [2.05, 4.69) is 21.1 Å². The zero-order valence-corrected chi connectivity index (χ0v) is 22.1. The van der Waals surface area contributed by atoms with Crippen LogP contribution in [-0.4, -0.2) is 74.0 Å². The number of carbonyl (C=O) groups excluding carboxylic acids is 3. The van der Waals surface area contributed by atoms with E-state index >= 15 is 0 Å². The molecule has 0 saturated carbocycles. The molecule has 0 radical (unpaired) electrons. The molecule has 1 aliphatic rings. The number of sulfonamides is 1. The fourth-order valence-corrected chi connectivity index (χ4v) is 6.44. The summed E-state index contributed by atoms with van der Waals surface area (Å²) in [6.07, 6.45) is 2.48. The van der Waals surface area contributed by atoms with E-state index in [1.807, 2.05) is 6.92 Å². The van der Waals surface area contributed by atoms with Crippen molar-refractivity contribution in [3.05, 3.63) is 45.8 Å². The third-order valence-electron chi connectivity index (χ3n) is 5.73. The number of carbonyl (C=O) groups is 3. The summed E-state index contributed by atoms with van der Waals surface area (Å²) in [6.45, 7) is 5.20. The Morgan fingerprint density at radius 2 is 1.73 bits per heavy atom. The van der Waals surface area contributed by atoms with E-state index in [1.165, 1.54) is 42.5 Å². The van der Waals surface area contributed by atoms with Crippen LogP contribution in [0.3, 0.4) is 0 Å². The van der Waals surface area contributed by atoms with Crippen molar-refractivity contribution in [1.29, 1.82) is 10.8 Å². The molecule has 0 saturated heterocycles. The Labute approximate surface area is 219 Å². The van der Waals surface area contributed by atoms with Gasteiger partial charge in [-0.3, -0.25) is 30.1 Å². The number of nitrogens with zero attached hydrogens (tertiary/aromatic N) is 2. The largest absolute Gasteiger partial charge is 0.313 e. The van der Waals surface area contributed by atoms with E-state index in [9.17, 15) is 22.8 Å². The lowest BCUT2D eigenvalue weighted by Crippen LogP contribution is -2.41. The monoisotopic (exact) mass is 547 g/mol. The Morgan fingerprint density at radius 1 is 1.08 bits per heavy atom. The number of nitrogens with one attached hydrogen (secondary N) is 5. The summed E-state index contributed by atoms with van der Waals surface area (Å²) in [7, 11) is -3.96. The second-order valence-corrected chi connectivity index (χ2v) is 11.2. The second-order valence-electron chi connectivity index (χ2n) is 8.17. The first-order chi connectivity index (χ1) is 17.6. The lowest BCUT2D eigenvalue weighted by Gasteiger charge is -2.25. The third-order valence-corrected chi connectivity index (χ3v) is 8.71. The minimum absolute atomic E-state index is 0.0747. The fourth-order valence-electron chi connectivity index (χ4n) is 3.84. The van der Waals surface area contributed by atoms with Gasteiger partial charge in [0.1, 0.15) is 5.00 Å². The normalized spacial score (nSPS) is 13.5. The fraction of sp³-hybridized carbons (Fsp3) is 0.348. The number of hydrogen-bond acceptors (Lipinski definition) is 9. The Hall–Kier alpha value is -3.46. The molecule has 2 heterocycles. The molecule has 12 nitrogen and oxygen atoms in total. The summed E-state index contributed by atoms with van der Waals surface area (Å²) in [4.78, 5) is 40.3. The first-order valence-electron chi connectivity index (χ1n) is 11.5. The van der Waals surface area contributed by atoms with Crippen LogP contribution >= 0.6 is 11.3 Å². The van der Waals surface area contributed by atoms with Gasteiger partial charge in [0.15, 0.2) is 0 Å². The maximum Gasteiger partial charge on any atom is 0.272 e. The van der Waals surface area contributed by atoms with Crippen molar-refractivity contribution in [2.24, 2.45) is 0 Å². The molecule has 0 atom stereocenters. The van der Waals surface area contributed by atoms with Crippen LogP contribution < -0.4 is 16.2 Å². The van der Waals surface area contributed by atoms with Gasteiger partial charge in [-0.15, -0.1) is 11.3 Å². The number of fused-ring (bicyclic) bond motifs is 1. The first-order valence-corrected chi connectivity index (χ1v) is 13.7. The standard InChI is InChI=1S/C23H29N7O5S2/c1-3-29-11-8-18-19(14-29)36-23(20(18)22(33)28-27-15(2)31)26-21(32)16-4-6-17(7-5-16)37(34,35)30(12-9-24)13-10-25/h4-7,9-10,24-25H,3,8,11-14H2,1-2H3,(H,26,32)(H,27,31)(H,28,33). The molecule has 0 fully saturated rings. The molecule has 1 aromatic carbocycles. The number of hydrogen-bond donors (Lipinski definition) is 5. The van der Waals surface area contributed by atoms with Crippen molar-refractivity contribution >= 4 is 56.5 Å². The molecule has 1 aromatic heterocycles. The van der Waals surface area contributed by atoms with Gasteiger partial charge in [-0.05, 0) is 42.8 Å². The number of anilines is 1. The molecular formula is C23H29N7O5S2. The predicted molar refractivity (Wildman–Crippen MR) is 141 cm³/mol. The summed E-state index contributed by atoms with van der Waals surface area (Å²) in [5, 5.41) is 17.5. The summed E-state index contributed by atoms with van der Waals surface area (Å²) < 4.78 is 26.6. The maximum absolute atomic E-state index is 13.1. The van der Waals surface area contributed by atoms with E-state index in [1.54, 1.807) is 0 Å². The Balaban J connectivity index is 1.87. The van der Waals surface area contributed by atoms with E-state index < -0.39 is 27.7 Å². The summed E-state index contributed by atoms with van der Waals surface area (Å²) in [5.74, 6) is -1.50. The number of amides is 3. The van der Waals surface area contributed by atoms with Gasteiger partial charge in [-0.1, -0.05) is 6.92 Å². The van der Waals surface area contributed by atoms with Gasteiger partial charge in [0, 0.05) is 56.0 Å². The summed E-state index contributed by atoms with van der Waals surface area (Å²) in [6, 6.07) is 5.29. The van der Waals surface area contributed by atoms with Gasteiger partial charge >= 0.3 is 0 Å². The van der Waals surface area contributed by atoms with Crippen molar-refractivity contribution in [2.75, 3.05) is 31.5 Å². The molecule has 0 aliphatic carbocycles. The van der Waals surface area contributed by atoms with Crippen molar-refractivity contribution in [1.82, 2.24) is 20.1 Å². The van der Waals surface area contributed by atoms with E-state index in [0.717, 1.165) is 40.3 Å². The molecule has 0 bridgehead atoms. The highest BCUT2D eigenvalue weighted by Crippen LogP contribution is 2.37. The van der Waals surface area contributed by atoms with Crippen LogP contribution in [0.1, 0.15) is 45.0 Å². The zero-order valence-electron chi connectivity index (χ0n) is 20.5. The molecule has 0 spiro atoms. The van der Waals surface area contributed by atoms with E-state index in [4.69, 9.17) is 10.8 Å². The second kappa shape index (κ2) is 12.2. The number of benzene rings is 1. The molecule has 5 N–H and O–H groups in total. The molecule has 3 amide bonds. The summed E-state index contributed by atoms with van der Waals surface area (Å²) in [5.41, 5.74) is 5.95. The Kier molecular flexibility index (Phi) is 9.26. The number of rotatable bonds is 10. The highest BCUT2D eigenvalue weighted by Gasteiger charge is 2.29. The predicted octanol–water partition coefficient (Wildman–Crippen LogP) is 1.45. The van der Waals surface area contributed by atoms with Gasteiger partial charge in [-0.25, -0.2) is 8.42 Å². The van der Waals surface area contributed by atoms with Crippen molar-refractivity contribution in [3.63, 3.8) is 0 Å². The molecule has 198 valence electrons. The average molecular weight is 548 g/mol. The van der Waals surface area contributed by atoms with Crippen LogP contribution in [-0.2, 0) is 27.8 Å². The van der Waals surface area contributed by atoms with Crippen LogP contribution in [0.2, 0.25) is 0 Å². The van der Waals surface area contributed by atoms with Crippen LogP contribution in [0, 0.1) is 10.8 Å². The van der Waals surface area contributed by atoms with Crippen LogP contribution in [0.4, 0.5) is 5.00 Å². The van der Waals surface area contributed by atoms with Crippen molar-refractivity contribution in [2.45, 2.75) is 31.7 Å². The SMILES string of the molecule is CCN1CCc2c(sc(NC(=O)c3ccc(S(=O)(=O)N(CC=N)CC=N)cc3)c2C(=O)NNC(C)=O)C1. The molecule has 1 aliphatic heterocycles. The van der Waals surface area contributed by atoms with Crippen molar-refractivity contribution in [3.8, 4) is 0 Å². The van der Waals surface area contributed by atoms with E-state index in [-0.39, 0.29) is 23.5 Å². The maximum atomic E-state index is 13.1. The van der Waals surface area contributed by atoms with Gasteiger partial charge in [0.25, 0.3) is 11.8 Å².